The van der Waals surface area contributed by atoms with Crippen LogP contribution in [0.1, 0.15) is 12.5 Å². The molecule has 0 fully saturated rings. The van der Waals surface area contributed by atoms with Gasteiger partial charge in [0.15, 0.2) is 0 Å². The molecule has 0 saturated carbocycles. The number of nitrogens with two attached hydrogens (primary N) is 1. The van der Waals surface area contributed by atoms with E-state index in [9.17, 15) is 0 Å². The first kappa shape index (κ1) is 14.0. The van der Waals surface area contributed by atoms with Crippen molar-refractivity contribution in [3.63, 3.8) is 0 Å². The fraction of sp³-hybridized carbons (Fsp3) is 0.250. The van der Waals surface area contributed by atoms with Crippen molar-refractivity contribution in [3.05, 3.63) is 54.1 Å². The van der Waals surface area contributed by atoms with Crippen molar-refractivity contribution in [3.8, 4) is 5.75 Å². The first-order valence-corrected chi connectivity index (χ1v) is 7.16. The Bertz CT molecular complexity index is 526. The summed E-state index contributed by atoms with van der Waals surface area (Å²) in [5, 5.41) is 0. The lowest BCUT2D eigenvalue weighted by atomic mass is 10.1. The highest BCUT2D eigenvalue weighted by molar-refractivity contribution is 7.99. The van der Waals surface area contributed by atoms with Gasteiger partial charge in [0.2, 0.25) is 0 Å². The SMILES string of the molecule is COc1ccc(CC(C)N)c(Sc2ccccc2)c1. The molecule has 0 amide bonds. The molecule has 1 unspecified atom stereocenters. The third-order valence-corrected chi connectivity index (χ3v) is 3.90. The Labute approximate surface area is 119 Å². The van der Waals surface area contributed by atoms with Crippen LogP contribution in [0.4, 0.5) is 0 Å². The van der Waals surface area contributed by atoms with Crippen LogP contribution >= 0.6 is 11.8 Å². The molecule has 100 valence electrons. The summed E-state index contributed by atoms with van der Waals surface area (Å²) < 4.78 is 5.31. The molecular formula is C16H19NOS. The Morgan fingerprint density at radius 1 is 1.16 bits per heavy atom. The Kier molecular flexibility index (Phi) is 4.88. The highest BCUT2D eigenvalue weighted by atomic mass is 32.2. The number of methoxy groups -OCH3 is 1. The number of hydrogen-bond acceptors (Lipinski definition) is 3. The topological polar surface area (TPSA) is 35.2 Å². The van der Waals surface area contributed by atoms with Crippen LogP contribution in [0, 0.1) is 0 Å². The molecule has 0 heterocycles. The van der Waals surface area contributed by atoms with Gasteiger partial charge in [0.25, 0.3) is 0 Å². The van der Waals surface area contributed by atoms with Crippen molar-refractivity contribution >= 4 is 11.8 Å². The fourth-order valence-corrected chi connectivity index (χ4v) is 2.89. The average molecular weight is 273 g/mol. The van der Waals surface area contributed by atoms with Gasteiger partial charge in [-0.2, -0.15) is 0 Å². The molecule has 3 heteroatoms. The second-order valence-electron chi connectivity index (χ2n) is 4.57. The molecule has 0 aliphatic rings. The first-order valence-electron chi connectivity index (χ1n) is 6.34. The molecule has 1 atom stereocenters. The van der Waals surface area contributed by atoms with Gasteiger partial charge in [-0.25, -0.2) is 0 Å². The maximum absolute atomic E-state index is 5.92. The lowest BCUT2D eigenvalue weighted by molar-refractivity contribution is 0.413. The van der Waals surface area contributed by atoms with Crippen LogP contribution in [0.15, 0.2) is 58.3 Å². The van der Waals surface area contributed by atoms with Crippen molar-refractivity contribution in [1.29, 1.82) is 0 Å². The van der Waals surface area contributed by atoms with Gasteiger partial charge in [-0.15, -0.1) is 0 Å². The standard InChI is InChI=1S/C16H19NOS/c1-12(17)10-13-8-9-14(18-2)11-16(13)19-15-6-4-3-5-7-15/h3-9,11-12H,10,17H2,1-2H3. The van der Waals surface area contributed by atoms with E-state index in [1.54, 1.807) is 18.9 Å². The summed E-state index contributed by atoms with van der Waals surface area (Å²) >= 11 is 1.75. The zero-order valence-electron chi connectivity index (χ0n) is 11.3. The summed E-state index contributed by atoms with van der Waals surface area (Å²) in [6.45, 7) is 2.03. The van der Waals surface area contributed by atoms with Gasteiger partial charge in [-0.1, -0.05) is 36.0 Å². The van der Waals surface area contributed by atoms with Crippen molar-refractivity contribution in [1.82, 2.24) is 0 Å². The first-order chi connectivity index (χ1) is 9.19. The zero-order valence-corrected chi connectivity index (χ0v) is 12.1. The third kappa shape index (κ3) is 4.01. The largest absolute Gasteiger partial charge is 0.497 e. The normalized spacial score (nSPS) is 12.2. The molecule has 0 saturated heterocycles. The predicted molar refractivity (Wildman–Crippen MR) is 80.9 cm³/mol. The summed E-state index contributed by atoms with van der Waals surface area (Å²) in [5.41, 5.74) is 7.18. The van der Waals surface area contributed by atoms with Gasteiger partial charge < -0.3 is 10.5 Å². The number of ether oxygens (including phenoxy) is 1. The third-order valence-electron chi connectivity index (χ3n) is 2.79. The number of hydrogen-bond donors (Lipinski definition) is 1. The molecule has 0 aliphatic carbocycles. The van der Waals surface area contributed by atoms with E-state index in [0.29, 0.717) is 0 Å². The van der Waals surface area contributed by atoms with Gasteiger partial charge in [0, 0.05) is 15.8 Å². The Morgan fingerprint density at radius 3 is 2.53 bits per heavy atom. The molecule has 0 bridgehead atoms. The molecule has 2 nitrogen and oxygen atoms in total. The lowest BCUT2D eigenvalue weighted by Crippen LogP contribution is -2.18. The summed E-state index contributed by atoms with van der Waals surface area (Å²) in [7, 11) is 1.69. The molecular weight excluding hydrogens is 254 g/mol. The Morgan fingerprint density at radius 2 is 1.89 bits per heavy atom. The minimum Gasteiger partial charge on any atom is -0.497 e. The maximum atomic E-state index is 5.92. The molecule has 2 aromatic carbocycles. The molecule has 0 radical (unpaired) electrons. The molecule has 0 aromatic heterocycles. The molecule has 2 N–H and O–H groups in total. The lowest BCUT2D eigenvalue weighted by Gasteiger charge is -2.13. The number of benzene rings is 2. The quantitative estimate of drug-likeness (QED) is 0.901. The van der Waals surface area contributed by atoms with E-state index >= 15 is 0 Å². The van der Waals surface area contributed by atoms with E-state index in [-0.39, 0.29) is 6.04 Å². The highest BCUT2D eigenvalue weighted by Gasteiger charge is 2.08. The van der Waals surface area contributed by atoms with E-state index in [1.807, 2.05) is 31.2 Å². The number of rotatable bonds is 5. The fourth-order valence-electron chi connectivity index (χ4n) is 1.89. The van der Waals surface area contributed by atoms with E-state index < -0.39 is 0 Å². The summed E-state index contributed by atoms with van der Waals surface area (Å²) in [4.78, 5) is 2.43. The van der Waals surface area contributed by atoms with Gasteiger partial charge in [0.1, 0.15) is 5.75 Å². The van der Waals surface area contributed by atoms with Gasteiger partial charge >= 0.3 is 0 Å². The van der Waals surface area contributed by atoms with Crippen LogP contribution < -0.4 is 10.5 Å². The Balaban J connectivity index is 2.29. The molecule has 0 aliphatic heterocycles. The Hall–Kier alpha value is -1.45. The van der Waals surface area contributed by atoms with Crippen molar-refractivity contribution in [2.24, 2.45) is 5.73 Å². The molecule has 2 aromatic rings. The summed E-state index contributed by atoms with van der Waals surface area (Å²) in [5.74, 6) is 0.881. The summed E-state index contributed by atoms with van der Waals surface area (Å²) in [6.07, 6.45) is 0.874. The van der Waals surface area contributed by atoms with E-state index in [1.165, 1.54) is 15.4 Å². The smallest absolute Gasteiger partial charge is 0.120 e. The molecule has 2 rings (SSSR count). The average Bonchev–Trinajstić information content (AvgIpc) is 2.41. The van der Waals surface area contributed by atoms with Gasteiger partial charge in [-0.05, 0) is 43.2 Å². The summed E-state index contributed by atoms with van der Waals surface area (Å²) in [6, 6.07) is 16.7. The van der Waals surface area contributed by atoms with E-state index in [2.05, 4.69) is 24.3 Å². The zero-order chi connectivity index (χ0) is 13.7. The van der Waals surface area contributed by atoms with Gasteiger partial charge in [-0.3, -0.25) is 0 Å². The highest BCUT2D eigenvalue weighted by Crippen LogP contribution is 2.33. The maximum Gasteiger partial charge on any atom is 0.120 e. The van der Waals surface area contributed by atoms with Crippen molar-refractivity contribution in [2.75, 3.05) is 7.11 Å². The van der Waals surface area contributed by atoms with E-state index in [4.69, 9.17) is 10.5 Å². The van der Waals surface area contributed by atoms with Crippen LogP contribution in [0.25, 0.3) is 0 Å². The van der Waals surface area contributed by atoms with Crippen LogP contribution in [0.5, 0.6) is 5.75 Å². The minimum absolute atomic E-state index is 0.156. The van der Waals surface area contributed by atoms with E-state index in [0.717, 1.165) is 12.2 Å². The predicted octanol–water partition coefficient (Wildman–Crippen LogP) is 3.74. The second kappa shape index (κ2) is 6.64. The van der Waals surface area contributed by atoms with Crippen LogP contribution in [-0.4, -0.2) is 13.2 Å². The molecule has 19 heavy (non-hydrogen) atoms. The molecule has 0 spiro atoms. The second-order valence-corrected chi connectivity index (χ2v) is 5.69. The monoisotopic (exact) mass is 273 g/mol. The van der Waals surface area contributed by atoms with Crippen molar-refractivity contribution < 1.29 is 4.74 Å². The van der Waals surface area contributed by atoms with Crippen LogP contribution in [0.2, 0.25) is 0 Å². The van der Waals surface area contributed by atoms with Crippen LogP contribution in [0.3, 0.4) is 0 Å². The minimum atomic E-state index is 0.156. The van der Waals surface area contributed by atoms with Crippen molar-refractivity contribution in [2.45, 2.75) is 29.2 Å². The van der Waals surface area contributed by atoms with Gasteiger partial charge in [0.05, 0.1) is 7.11 Å². The van der Waals surface area contributed by atoms with Crippen LogP contribution in [-0.2, 0) is 6.42 Å².